The molecule has 21 heavy (non-hydrogen) atoms. The lowest BCUT2D eigenvalue weighted by atomic mass is 10.4. The lowest BCUT2D eigenvalue weighted by Crippen LogP contribution is -2.39. The summed E-state index contributed by atoms with van der Waals surface area (Å²) in [5.41, 5.74) is 1.15. The maximum atomic E-state index is 4.54. The molecule has 0 atom stereocenters. The normalized spacial score (nSPS) is 11.4. The highest BCUT2D eigenvalue weighted by Gasteiger charge is 2.04. The number of aromatic nitrogens is 1. The maximum Gasteiger partial charge on any atom is 0.190 e. The molecule has 0 fully saturated rings. The Labute approximate surface area is 149 Å². The third-order valence-corrected chi connectivity index (χ3v) is 4.13. The third-order valence-electron chi connectivity index (χ3n) is 3.00. The molecule has 0 spiro atoms. The van der Waals surface area contributed by atoms with Crippen molar-refractivity contribution in [2.45, 2.75) is 26.7 Å². The molecule has 0 aliphatic rings. The summed E-state index contributed by atoms with van der Waals surface area (Å²) in [7, 11) is 5.98. The van der Waals surface area contributed by atoms with Crippen LogP contribution in [0.25, 0.3) is 0 Å². The largest absolute Gasteiger partial charge is 0.356 e. The number of hydrogen-bond donors (Lipinski definition) is 2. The van der Waals surface area contributed by atoms with Gasteiger partial charge < -0.3 is 15.5 Å². The molecule has 0 saturated carbocycles. The molecule has 0 bridgehead atoms. The molecule has 0 radical (unpaired) electrons. The average molecular weight is 425 g/mol. The van der Waals surface area contributed by atoms with Crippen LogP contribution >= 0.6 is 35.3 Å². The van der Waals surface area contributed by atoms with E-state index >= 15 is 0 Å². The van der Waals surface area contributed by atoms with Crippen molar-refractivity contribution in [2.75, 3.05) is 40.8 Å². The summed E-state index contributed by atoms with van der Waals surface area (Å²) in [4.78, 5) is 12.3. The van der Waals surface area contributed by atoms with Crippen LogP contribution in [0, 0.1) is 13.8 Å². The topological polar surface area (TPSA) is 52.6 Å². The van der Waals surface area contributed by atoms with Crippen LogP contribution < -0.4 is 10.6 Å². The van der Waals surface area contributed by atoms with E-state index in [4.69, 9.17) is 0 Å². The Hall–Kier alpha value is -0.410. The van der Waals surface area contributed by atoms with Crippen LogP contribution in [0.4, 0.5) is 0 Å². The van der Waals surface area contributed by atoms with Crippen LogP contribution in [0.2, 0.25) is 0 Å². The number of aryl methyl sites for hydroxylation is 2. The molecule has 5 nitrogen and oxygen atoms in total. The number of hydrogen-bond acceptors (Lipinski definition) is 4. The molecule has 7 heteroatoms. The number of nitrogens with one attached hydrogen (secondary N) is 2. The van der Waals surface area contributed by atoms with Crippen molar-refractivity contribution in [2.24, 2.45) is 4.99 Å². The average Bonchev–Trinajstić information content (AvgIpc) is 2.71. The zero-order valence-corrected chi connectivity index (χ0v) is 16.8. The molecule has 0 saturated heterocycles. The van der Waals surface area contributed by atoms with E-state index in [0.717, 1.165) is 44.1 Å². The van der Waals surface area contributed by atoms with Crippen LogP contribution in [0.3, 0.4) is 0 Å². The van der Waals surface area contributed by atoms with Gasteiger partial charge in [-0.1, -0.05) is 0 Å². The van der Waals surface area contributed by atoms with Crippen LogP contribution in [0.5, 0.6) is 0 Å². The standard InChI is InChI=1S/C14H27N5S.HI/c1-11-12(2)20-13(18-11)7-9-17-14(15-3)16-8-6-10-19(4)5;/h6-10H2,1-5H3,(H2,15,16,17);1H. The highest BCUT2D eigenvalue weighted by molar-refractivity contribution is 14.0. The van der Waals surface area contributed by atoms with Crippen molar-refractivity contribution in [3.8, 4) is 0 Å². The molecule has 0 aromatic carbocycles. The molecule has 0 aliphatic heterocycles. The van der Waals surface area contributed by atoms with Gasteiger partial charge in [-0.2, -0.15) is 0 Å². The van der Waals surface area contributed by atoms with Gasteiger partial charge in [0, 0.05) is 31.4 Å². The van der Waals surface area contributed by atoms with E-state index in [1.54, 1.807) is 18.4 Å². The fraction of sp³-hybridized carbons (Fsp3) is 0.714. The predicted molar refractivity (Wildman–Crippen MR) is 103 cm³/mol. The number of nitrogens with zero attached hydrogens (tertiary/aromatic N) is 3. The lowest BCUT2D eigenvalue weighted by Gasteiger charge is -2.13. The minimum absolute atomic E-state index is 0. The third kappa shape index (κ3) is 8.57. The molecule has 1 heterocycles. The molecule has 0 aliphatic carbocycles. The van der Waals surface area contributed by atoms with E-state index in [1.165, 1.54) is 9.88 Å². The summed E-state index contributed by atoms with van der Waals surface area (Å²) in [5, 5.41) is 7.84. The SMILES string of the molecule is CN=C(NCCCN(C)C)NCCc1nc(C)c(C)s1.I. The molecule has 1 aromatic heterocycles. The second kappa shape index (κ2) is 11.2. The molecular formula is C14H28IN5S. The van der Waals surface area contributed by atoms with E-state index in [0.29, 0.717) is 0 Å². The molecule has 0 unspecified atom stereocenters. The summed E-state index contributed by atoms with van der Waals surface area (Å²) in [6, 6.07) is 0. The van der Waals surface area contributed by atoms with Crippen LogP contribution in [-0.4, -0.2) is 56.6 Å². The molecule has 122 valence electrons. The monoisotopic (exact) mass is 425 g/mol. The summed E-state index contributed by atoms with van der Waals surface area (Å²) in [6.07, 6.45) is 2.05. The maximum absolute atomic E-state index is 4.54. The highest BCUT2D eigenvalue weighted by atomic mass is 127. The Bertz CT molecular complexity index is 411. The predicted octanol–water partition coefficient (Wildman–Crippen LogP) is 2.04. The fourth-order valence-corrected chi connectivity index (χ4v) is 2.69. The Balaban J connectivity index is 0.00000400. The number of guanidine groups is 1. The van der Waals surface area contributed by atoms with E-state index < -0.39 is 0 Å². The Morgan fingerprint density at radius 3 is 2.43 bits per heavy atom. The zero-order valence-electron chi connectivity index (χ0n) is 13.7. The van der Waals surface area contributed by atoms with Crippen LogP contribution in [0.1, 0.15) is 22.0 Å². The number of aliphatic imine (C=N–C) groups is 1. The van der Waals surface area contributed by atoms with Crippen LogP contribution in [0.15, 0.2) is 4.99 Å². The van der Waals surface area contributed by atoms with E-state index in [-0.39, 0.29) is 24.0 Å². The van der Waals surface area contributed by atoms with Gasteiger partial charge in [-0.15, -0.1) is 35.3 Å². The second-order valence-corrected chi connectivity index (χ2v) is 6.37. The summed E-state index contributed by atoms with van der Waals surface area (Å²) < 4.78 is 0. The van der Waals surface area contributed by atoms with Gasteiger partial charge in [0.25, 0.3) is 0 Å². The minimum atomic E-state index is 0. The fourth-order valence-electron chi connectivity index (χ4n) is 1.76. The quantitative estimate of drug-likeness (QED) is 0.304. The van der Waals surface area contributed by atoms with Crippen molar-refractivity contribution in [3.05, 3.63) is 15.6 Å². The number of halogens is 1. The lowest BCUT2D eigenvalue weighted by molar-refractivity contribution is 0.399. The zero-order chi connectivity index (χ0) is 15.0. The van der Waals surface area contributed by atoms with Gasteiger partial charge in [-0.3, -0.25) is 4.99 Å². The summed E-state index contributed by atoms with van der Waals surface area (Å²) in [5.74, 6) is 0.869. The second-order valence-electron chi connectivity index (χ2n) is 5.08. The van der Waals surface area contributed by atoms with Crippen molar-refractivity contribution < 1.29 is 0 Å². The van der Waals surface area contributed by atoms with Crippen LogP contribution in [-0.2, 0) is 6.42 Å². The van der Waals surface area contributed by atoms with E-state index in [2.05, 4.69) is 53.5 Å². The van der Waals surface area contributed by atoms with Gasteiger partial charge >= 0.3 is 0 Å². The first kappa shape index (κ1) is 20.6. The number of rotatable bonds is 7. The van der Waals surface area contributed by atoms with Gasteiger partial charge in [0.2, 0.25) is 0 Å². The summed E-state index contributed by atoms with van der Waals surface area (Å²) in [6.45, 7) is 7.07. The van der Waals surface area contributed by atoms with Gasteiger partial charge in [0.15, 0.2) is 5.96 Å². The van der Waals surface area contributed by atoms with Gasteiger partial charge in [-0.05, 0) is 40.9 Å². The van der Waals surface area contributed by atoms with E-state index in [1.807, 2.05) is 0 Å². The van der Waals surface area contributed by atoms with Crippen molar-refractivity contribution in [3.63, 3.8) is 0 Å². The smallest absolute Gasteiger partial charge is 0.190 e. The van der Waals surface area contributed by atoms with Crippen molar-refractivity contribution >= 4 is 41.3 Å². The summed E-state index contributed by atoms with van der Waals surface area (Å²) >= 11 is 1.78. The Morgan fingerprint density at radius 2 is 1.90 bits per heavy atom. The van der Waals surface area contributed by atoms with Crippen molar-refractivity contribution in [1.82, 2.24) is 20.5 Å². The minimum Gasteiger partial charge on any atom is -0.356 e. The molecule has 0 amide bonds. The van der Waals surface area contributed by atoms with Gasteiger partial charge in [-0.25, -0.2) is 4.98 Å². The first-order valence-corrected chi connectivity index (χ1v) is 7.86. The first-order valence-electron chi connectivity index (χ1n) is 7.05. The van der Waals surface area contributed by atoms with E-state index in [9.17, 15) is 0 Å². The highest BCUT2D eigenvalue weighted by Crippen LogP contribution is 2.16. The molecule has 1 rings (SSSR count). The Kier molecular flexibility index (Phi) is 11.0. The molecule has 1 aromatic rings. The first-order chi connectivity index (χ1) is 9.52. The van der Waals surface area contributed by atoms with Gasteiger partial charge in [0.1, 0.15) is 0 Å². The Morgan fingerprint density at radius 1 is 1.24 bits per heavy atom. The van der Waals surface area contributed by atoms with Crippen molar-refractivity contribution in [1.29, 1.82) is 0 Å². The number of thiazole rings is 1. The van der Waals surface area contributed by atoms with Gasteiger partial charge in [0.05, 0.1) is 10.7 Å². The molecular weight excluding hydrogens is 397 g/mol. The molecule has 2 N–H and O–H groups in total.